The van der Waals surface area contributed by atoms with Gasteiger partial charge < -0.3 is 11.1 Å². The summed E-state index contributed by atoms with van der Waals surface area (Å²) in [6.07, 6.45) is 1.69. The zero-order valence-electron chi connectivity index (χ0n) is 7.35. The molecule has 1 aromatic heterocycles. The molecule has 0 radical (unpaired) electrons. The number of rotatable bonds is 1. The van der Waals surface area contributed by atoms with Crippen LogP contribution in [0.1, 0.15) is 1.43 Å². The first-order valence-corrected chi connectivity index (χ1v) is 3.45. The molecule has 0 unspecified atom stereocenters. The number of hydrogen-bond acceptors (Lipinski definition) is 2. The fourth-order valence-electron chi connectivity index (χ4n) is 0.590. The molecule has 2 nitrogen and oxygen atoms in total. The van der Waals surface area contributed by atoms with Crippen LogP contribution in [-0.2, 0) is 0 Å². The van der Waals surface area contributed by atoms with Crippen LogP contribution in [0, 0.1) is 4.51 Å². The quantitative estimate of drug-likeness (QED) is 0.489. The van der Waals surface area contributed by atoms with E-state index in [1.54, 1.807) is 12.3 Å². The fourth-order valence-corrected chi connectivity index (χ4v) is 0.945. The third-order valence-corrected chi connectivity index (χ3v) is 1.90. The summed E-state index contributed by atoms with van der Waals surface area (Å²) in [6.45, 7) is 0. The van der Waals surface area contributed by atoms with E-state index in [1.165, 1.54) is 7.11 Å². The molecule has 0 saturated carbocycles. The van der Waals surface area contributed by atoms with Gasteiger partial charge in [-0.2, -0.15) is 0 Å². The van der Waals surface area contributed by atoms with Gasteiger partial charge in [0, 0.05) is 6.20 Å². The van der Waals surface area contributed by atoms with Crippen molar-refractivity contribution in [2.45, 2.75) is 0 Å². The molecule has 0 fully saturated rings. The Labute approximate surface area is 98.7 Å². The molecule has 0 aliphatic carbocycles. The third-order valence-electron chi connectivity index (χ3n) is 1.07. The summed E-state index contributed by atoms with van der Waals surface area (Å²) >= 11 is 10.6. The summed E-state index contributed by atoms with van der Waals surface area (Å²) in [5, 5.41) is 0.458. The van der Waals surface area contributed by atoms with Gasteiger partial charge in [0.25, 0.3) is 0 Å². The fraction of sp³-hybridized carbons (Fsp3) is 0.167. The molecule has 0 atom stereocenters. The van der Waals surface area contributed by atoms with Gasteiger partial charge in [-0.3, -0.25) is 0 Å². The molecule has 0 aliphatic heterocycles. The van der Waals surface area contributed by atoms with Crippen molar-refractivity contribution in [1.29, 1.82) is 0 Å². The van der Waals surface area contributed by atoms with Crippen molar-refractivity contribution < 1.29 is 35.7 Å². The minimum Gasteiger partial charge on any atom is -1.00 e. The molecule has 0 aliphatic rings. The summed E-state index contributed by atoms with van der Waals surface area (Å²) in [6, 6.07) is 1.71. The smallest absolute Gasteiger partial charge is 1.00 e. The molecule has 11 heavy (non-hydrogen) atoms. The van der Waals surface area contributed by atoms with E-state index in [0.29, 0.717) is 15.4 Å². The maximum Gasteiger partial charge on any atom is 1.00 e. The number of hydrogen-bond donors (Lipinski definition) is 1. The van der Waals surface area contributed by atoms with Crippen molar-refractivity contribution in [2.24, 2.45) is 0 Å². The minimum atomic E-state index is 0. The van der Waals surface area contributed by atoms with Crippen molar-refractivity contribution in [1.82, 2.24) is 4.98 Å². The van der Waals surface area contributed by atoms with Gasteiger partial charge in [-0.25, -0.2) is 0 Å². The minimum absolute atomic E-state index is 0. The van der Waals surface area contributed by atoms with E-state index in [1.807, 2.05) is 0 Å². The zero-order valence-corrected chi connectivity index (χ0v) is 9.92. The van der Waals surface area contributed by atoms with E-state index in [0.717, 1.165) is 0 Å². The molecular weight excluding hydrogens is 193 g/mol. The number of aromatic amines is 1. The first-order valence-electron chi connectivity index (χ1n) is 2.67. The van der Waals surface area contributed by atoms with Gasteiger partial charge in [0.05, 0.1) is 11.6 Å². The monoisotopic (exact) mass is 199 g/mol. The summed E-state index contributed by atoms with van der Waals surface area (Å²) in [7, 11) is 1.53. The Kier molecular flexibility index (Phi) is 5.38. The number of methoxy groups -OCH3 is 1. The number of H-pyrrole nitrogens is 1. The van der Waals surface area contributed by atoms with E-state index in [-0.39, 0.29) is 31.0 Å². The standard InChI is InChI=1S/C6H6ClNOS.Na.H/c1-9-6-5(7)4(10)2-3-8-6;;/h2-3H,1H3,(H,8,10);;/q;+1;-1. The third kappa shape index (κ3) is 2.76. The van der Waals surface area contributed by atoms with Crippen LogP contribution in [0.3, 0.4) is 0 Å². The first kappa shape index (κ1) is 11.5. The Balaban J connectivity index is 0. The van der Waals surface area contributed by atoms with Crippen LogP contribution in [0.4, 0.5) is 0 Å². The summed E-state index contributed by atoms with van der Waals surface area (Å²) < 4.78 is 5.47. The van der Waals surface area contributed by atoms with Gasteiger partial charge in [0.15, 0.2) is 0 Å². The van der Waals surface area contributed by atoms with Gasteiger partial charge in [0.2, 0.25) is 5.88 Å². The van der Waals surface area contributed by atoms with E-state index < -0.39 is 0 Å². The number of halogens is 1. The first-order chi connectivity index (χ1) is 4.75. The summed E-state index contributed by atoms with van der Waals surface area (Å²) in [5.41, 5.74) is 0. The maximum absolute atomic E-state index is 5.73. The van der Waals surface area contributed by atoms with Crippen LogP contribution in [0.25, 0.3) is 0 Å². The second-order valence-corrected chi connectivity index (χ2v) is 2.51. The van der Waals surface area contributed by atoms with Gasteiger partial charge in [0.1, 0.15) is 5.02 Å². The second-order valence-electron chi connectivity index (χ2n) is 1.69. The van der Waals surface area contributed by atoms with Crippen molar-refractivity contribution in [3.8, 4) is 5.88 Å². The molecule has 5 heteroatoms. The average Bonchev–Trinajstić information content (AvgIpc) is 1.95. The van der Waals surface area contributed by atoms with Gasteiger partial charge in [-0.1, -0.05) is 23.8 Å². The molecule has 0 amide bonds. The molecular formula is C6H7ClNNaOS. The number of pyridine rings is 1. The van der Waals surface area contributed by atoms with Crippen molar-refractivity contribution in [2.75, 3.05) is 7.11 Å². The SMILES string of the molecule is COc1[nH]ccc(=S)c1Cl.[H-].[Na+]. The molecule has 0 bridgehead atoms. The molecule has 0 aromatic carbocycles. The van der Waals surface area contributed by atoms with Gasteiger partial charge in [-0.15, -0.1) is 0 Å². The zero-order chi connectivity index (χ0) is 7.56. The summed E-state index contributed by atoms with van der Waals surface area (Å²) in [5.74, 6) is 0.508. The normalized spacial score (nSPS) is 8.55. The largest absolute Gasteiger partial charge is 1.00 e. The van der Waals surface area contributed by atoms with Crippen LogP contribution in [-0.4, -0.2) is 12.1 Å². The Morgan fingerprint density at radius 2 is 2.36 bits per heavy atom. The number of ether oxygens (including phenoxy) is 1. The molecule has 0 spiro atoms. The predicted octanol–water partition coefficient (Wildman–Crippen LogP) is -0.477. The van der Waals surface area contributed by atoms with E-state index >= 15 is 0 Å². The van der Waals surface area contributed by atoms with Crippen LogP contribution in [0.2, 0.25) is 5.02 Å². The number of nitrogens with one attached hydrogen (secondary N) is 1. The van der Waals surface area contributed by atoms with Crippen LogP contribution >= 0.6 is 23.8 Å². The van der Waals surface area contributed by atoms with E-state index in [4.69, 9.17) is 28.6 Å². The molecule has 1 heterocycles. The molecule has 1 N–H and O–H groups in total. The average molecular weight is 200 g/mol. The molecule has 56 valence electrons. The van der Waals surface area contributed by atoms with Crippen LogP contribution in [0.5, 0.6) is 5.88 Å². The number of aromatic nitrogens is 1. The molecule has 1 rings (SSSR count). The Morgan fingerprint density at radius 1 is 1.73 bits per heavy atom. The molecule has 0 saturated heterocycles. The van der Waals surface area contributed by atoms with E-state index in [9.17, 15) is 0 Å². The summed E-state index contributed by atoms with van der Waals surface area (Å²) in [4.78, 5) is 2.81. The van der Waals surface area contributed by atoms with Gasteiger partial charge in [-0.05, 0) is 6.07 Å². The van der Waals surface area contributed by atoms with E-state index in [2.05, 4.69) is 4.98 Å². The van der Waals surface area contributed by atoms with Crippen LogP contribution in [0.15, 0.2) is 12.3 Å². The van der Waals surface area contributed by atoms with Gasteiger partial charge >= 0.3 is 29.6 Å². The van der Waals surface area contributed by atoms with Crippen LogP contribution < -0.4 is 34.3 Å². The van der Waals surface area contributed by atoms with Crippen molar-refractivity contribution in [3.05, 3.63) is 21.8 Å². The van der Waals surface area contributed by atoms with Crippen molar-refractivity contribution >= 4 is 23.8 Å². The van der Waals surface area contributed by atoms with Crippen molar-refractivity contribution in [3.63, 3.8) is 0 Å². The maximum atomic E-state index is 5.73. The second kappa shape index (κ2) is 5.17. The predicted molar refractivity (Wildman–Crippen MR) is 44.3 cm³/mol. The topological polar surface area (TPSA) is 25.0 Å². The Bertz CT molecular complexity index is 293. The Hall–Kier alpha value is 0.460. The molecule has 1 aromatic rings. The Morgan fingerprint density at radius 3 is 2.82 bits per heavy atom.